The first-order valence-electron chi connectivity index (χ1n) is 4.63. The van der Waals surface area contributed by atoms with Gasteiger partial charge in [0.25, 0.3) is 5.91 Å². The van der Waals surface area contributed by atoms with E-state index in [1.807, 2.05) is 24.3 Å². The molecule has 74 valence electrons. The number of hydrogen-bond donors (Lipinski definition) is 2. The van der Waals surface area contributed by atoms with Crippen LogP contribution < -0.4 is 10.6 Å². The topological polar surface area (TPSA) is 66.9 Å². The van der Waals surface area contributed by atoms with E-state index in [1.165, 1.54) is 0 Å². The Morgan fingerprint density at radius 1 is 1.07 bits per heavy atom. The minimum atomic E-state index is -0.179. The zero-order chi connectivity index (χ0) is 10.3. The molecular formula is C10H8N4O. The van der Waals surface area contributed by atoms with Crippen LogP contribution in [-0.2, 0) is 0 Å². The second-order valence-corrected chi connectivity index (χ2v) is 3.27. The van der Waals surface area contributed by atoms with Crippen molar-refractivity contribution in [2.24, 2.45) is 0 Å². The molecule has 3 rings (SSSR count). The number of amides is 1. The van der Waals surface area contributed by atoms with Crippen LogP contribution in [-0.4, -0.2) is 22.5 Å². The zero-order valence-corrected chi connectivity index (χ0v) is 7.82. The maximum atomic E-state index is 11.5. The Morgan fingerprint density at radius 2 is 1.80 bits per heavy atom. The normalized spacial score (nSPS) is 14.3. The van der Waals surface area contributed by atoms with Crippen molar-refractivity contribution in [3.05, 3.63) is 30.0 Å². The number of anilines is 1. The Labute approximate surface area is 85.5 Å². The zero-order valence-electron chi connectivity index (χ0n) is 7.82. The van der Waals surface area contributed by atoms with Gasteiger partial charge in [-0.3, -0.25) is 4.79 Å². The lowest BCUT2D eigenvalue weighted by Gasteiger charge is -2.16. The molecular weight excluding hydrogens is 192 g/mol. The Hall–Kier alpha value is -2.17. The summed E-state index contributed by atoms with van der Waals surface area (Å²) >= 11 is 0. The fourth-order valence-electron chi connectivity index (χ4n) is 1.57. The predicted molar refractivity (Wildman–Crippen MR) is 55.5 cm³/mol. The van der Waals surface area contributed by atoms with Crippen molar-refractivity contribution in [1.29, 1.82) is 0 Å². The van der Waals surface area contributed by atoms with E-state index in [2.05, 4.69) is 20.6 Å². The van der Waals surface area contributed by atoms with Crippen molar-refractivity contribution < 1.29 is 4.79 Å². The van der Waals surface area contributed by atoms with Crippen molar-refractivity contribution in [2.75, 3.05) is 12.0 Å². The van der Waals surface area contributed by atoms with Gasteiger partial charge in [0.15, 0.2) is 11.5 Å². The fourth-order valence-corrected chi connectivity index (χ4v) is 1.57. The van der Waals surface area contributed by atoms with Gasteiger partial charge >= 0.3 is 0 Å². The monoisotopic (exact) mass is 200 g/mol. The Balaban J connectivity index is 2.32. The van der Waals surface area contributed by atoms with Crippen molar-refractivity contribution in [3.63, 3.8) is 0 Å². The number of nitrogens with zero attached hydrogens (tertiary/aromatic N) is 2. The highest BCUT2D eigenvalue weighted by atomic mass is 16.2. The van der Waals surface area contributed by atoms with Crippen molar-refractivity contribution in [1.82, 2.24) is 15.3 Å². The van der Waals surface area contributed by atoms with Gasteiger partial charge in [-0.1, -0.05) is 12.1 Å². The highest BCUT2D eigenvalue weighted by Gasteiger charge is 2.19. The maximum absolute atomic E-state index is 11.5. The average molecular weight is 200 g/mol. The van der Waals surface area contributed by atoms with Gasteiger partial charge in [0, 0.05) is 0 Å². The largest absolute Gasteiger partial charge is 0.351 e. The number of carbonyl (C=O) groups is 1. The summed E-state index contributed by atoms with van der Waals surface area (Å²) in [5.41, 5.74) is 1.88. The van der Waals surface area contributed by atoms with E-state index in [4.69, 9.17) is 0 Å². The van der Waals surface area contributed by atoms with Crippen LogP contribution in [0.25, 0.3) is 11.0 Å². The molecule has 1 aliphatic heterocycles. The number of aromatic nitrogens is 2. The Bertz CT molecular complexity index is 552. The first kappa shape index (κ1) is 8.16. The summed E-state index contributed by atoms with van der Waals surface area (Å²) in [4.78, 5) is 20.1. The van der Waals surface area contributed by atoms with Crippen LogP contribution in [0.2, 0.25) is 0 Å². The van der Waals surface area contributed by atoms with Gasteiger partial charge < -0.3 is 10.6 Å². The molecule has 15 heavy (non-hydrogen) atoms. The quantitative estimate of drug-likeness (QED) is 0.658. The van der Waals surface area contributed by atoms with E-state index in [1.54, 1.807) is 0 Å². The number of nitrogens with one attached hydrogen (secondary N) is 2. The van der Waals surface area contributed by atoms with Crippen molar-refractivity contribution >= 4 is 22.8 Å². The van der Waals surface area contributed by atoms with Crippen molar-refractivity contribution in [3.8, 4) is 0 Å². The molecule has 1 aromatic carbocycles. The molecule has 2 heterocycles. The third kappa shape index (κ3) is 1.20. The van der Waals surface area contributed by atoms with Gasteiger partial charge in [-0.05, 0) is 12.1 Å². The van der Waals surface area contributed by atoms with Crippen LogP contribution >= 0.6 is 0 Å². The van der Waals surface area contributed by atoms with Gasteiger partial charge in [0.05, 0.1) is 17.7 Å². The molecule has 0 spiro atoms. The number of carbonyl (C=O) groups excluding carboxylic acids is 1. The van der Waals surface area contributed by atoms with Crippen LogP contribution in [0.3, 0.4) is 0 Å². The molecule has 2 N–H and O–H groups in total. The van der Waals surface area contributed by atoms with Crippen LogP contribution in [0.4, 0.5) is 5.82 Å². The average Bonchev–Trinajstić information content (AvgIpc) is 2.27. The van der Waals surface area contributed by atoms with Crippen LogP contribution in [0, 0.1) is 0 Å². The summed E-state index contributed by atoms with van der Waals surface area (Å²) in [6, 6.07) is 7.48. The number of fused-ring (bicyclic) bond motifs is 2. The number of benzene rings is 1. The summed E-state index contributed by atoms with van der Waals surface area (Å²) in [5, 5.41) is 5.63. The molecule has 0 radical (unpaired) electrons. The smallest absolute Gasteiger partial charge is 0.275 e. The van der Waals surface area contributed by atoms with E-state index in [0.717, 1.165) is 11.0 Å². The molecule has 1 aromatic heterocycles. The summed E-state index contributed by atoms with van der Waals surface area (Å²) < 4.78 is 0. The van der Waals surface area contributed by atoms with Crippen molar-refractivity contribution in [2.45, 2.75) is 0 Å². The second kappa shape index (κ2) is 2.91. The van der Waals surface area contributed by atoms with E-state index in [0.29, 0.717) is 18.2 Å². The summed E-state index contributed by atoms with van der Waals surface area (Å²) in [5.74, 6) is 0.374. The standard InChI is InChI=1S/C10H8N4O/c15-10-8-9(11-5-12-10)14-7-4-2-1-3-6(7)13-8/h1-4H,5H2,(H,11,14)(H,12,15). The van der Waals surface area contributed by atoms with Gasteiger partial charge in [-0.15, -0.1) is 0 Å². The fraction of sp³-hybridized carbons (Fsp3) is 0.100. The lowest BCUT2D eigenvalue weighted by atomic mass is 10.2. The highest BCUT2D eigenvalue weighted by Crippen LogP contribution is 2.17. The molecule has 0 saturated heterocycles. The molecule has 0 bridgehead atoms. The molecule has 1 aliphatic rings. The van der Waals surface area contributed by atoms with Gasteiger partial charge in [-0.2, -0.15) is 0 Å². The predicted octanol–water partition coefficient (Wildman–Crippen LogP) is 0.743. The second-order valence-electron chi connectivity index (χ2n) is 3.27. The van der Waals surface area contributed by atoms with Crippen LogP contribution in [0.1, 0.15) is 10.5 Å². The van der Waals surface area contributed by atoms with E-state index >= 15 is 0 Å². The summed E-state index contributed by atoms with van der Waals surface area (Å²) in [7, 11) is 0. The molecule has 0 fully saturated rings. The van der Waals surface area contributed by atoms with E-state index in [-0.39, 0.29) is 5.91 Å². The third-order valence-corrected chi connectivity index (χ3v) is 2.29. The van der Waals surface area contributed by atoms with Crippen LogP contribution in [0.15, 0.2) is 24.3 Å². The SMILES string of the molecule is O=C1NCNc2nc3ccccc3nc21. The lowest BCUT2D eigenvalue weighted by Crippen LogP contribution is -2.36. The molecule has 1 amide bonds. The van der Waals surface area contributed by atoms with Gasteiger partial charge in [-0.25, -0.2) is 9.97 Å². The van der Waals surface area contributed by atoms with Gasteiger partial charge in [0.2, 0.25) is 0 Å². The summed E-state index contributed by atoms with van der Waals surface area (Å²) in [6.07, 6.45) is 0. The lowest BCUT2D eigenvalue weighted by molar-refractivity contribution is 0.0947. The highest BCUT2D eigenvalue weighted by molar-refractivity contribution is 6.00. The first-order chi connectivity index (χ1) is 7.34. The minimum absolute atomic E-state index is 0.179. The van der Waals surface area contributed by atoms with E-state index in [9.17, 15) is 4.79 Å². The molecule has 0 saturated carbocycles. The van der Waals surface area contributed by atoms with E-state index < -0.39 is 0 Å². The minimum Gasteiger partial charge on any atom is -0.351 e. The Morgan fingerprint density at radius 3 is 2.60 bits per heavy atom. The molecule has 0 atom stereocenters. The number of para-hydroxylation sites is 2. The molecule has 0 unspecified atom stereocenters. The van der Waals surface area contributed by atoms with Gasteiger partial charge in [0.1, 0.15) is 0 Å². The third-order valence-electron chi connectivity index (χ3n) is 2.29. The first-order valence-corrected chi connectivity index (χ1v) is 4.63. The Kier molecular flexibility index (Phi) is 1.58. The molecule has 2 aromatic rings. The van der Waals surface area contributed by atoms with Crippen LogP contribution in [0.5, 0.6) is 0 Å². The summed E-state index contributed by atoms with van der Waals surface area (Å²) in [6.45, 7) is 0.402. The molecule has 5 nitrogen and oxygen atoms in total. The number of hydrogen-bond acceptors (Lipinski definition) is 4. The number of rotatable bonds is 0. The molecule has 0 aliphatic carbocycles. The maximum Gasteiger partial charge on any atom is 0.275 e. The molecule has 5 heteroatoms.